The zero-order valence-electron chi connectivity index (χ0n) is 12.6. The molecule has 0 saturated carbocycles. The van der Waals surface area contributed by atoms with Crippen LogP contribution in [0.15, 0.2) is 24.7 Å². The third-order valence-corrected chi connectivity index (χ3v) is 3.80. The second kappa shape index (κ2) is 6.11. The highest BCUT2D eigenvalue weighted by atomic mass is 15.2. The van der Waals surface area contributed by atoms with Crippen LogP contribution in [0, 0.1) is 0 Å². The summed E-state index contributed by atoms with van der Waals surface area (Å²) in [4.78, 5) is 11.0. The van der Waals surface area contributed by atoms with Gasteiger partial charge in [-0.25, -0.2) is 9.97 Å². The first kappa shape index (κ1) is 13.9. The highest BCUT2D eigenvalue weighted by molar-refractivity contribution is 5.49. The van der Waals surface area contributed by atoms with Gasteiger partial charge < -0.3 is 10.2 Å². The van der Waals surface area contributed by atoms with Crippen molar-refractivity contribution in [3.63, 3.8) is 0 Å². The van der Waals surface area contributed by atoms with Crippen LogP contribution in [0.4, 0.5) is 11.6 Å². The summed E-state index contributed by atoms with van der Waals surface area (Å²) in [6.07, 6.45) is 5.82. The molecule has 1 atom stereocenters. The normalized spacial score (nSPS) is 19.0. The Morgan fingerprint density at radius 2 is 2.29 bits per heavy atom. The molecule has 1 saturated heterocycles. The summed E-state index contributed by atoms with van der Waals surface area (Å²) in [5.41, 5.74) is 1.22. The van der Waals surface area contributed by atoms with E-state index in [0.29, 0.717) is 12.0 Å². The summed E-state index contributed by atoms with van der Waals surface area (Å²) in [7, 11) is 0. The minimum absolute atomic E-state index is 0.367. The van der Waals surface area contributed by atoms with E-state index in [0.717, 1.165) is 24.7 Å². The van der Waals surface area contributed by atoms with Crippen LogP contribution in [-0.2, 0) is 0 Å². The van der Waals surface area contributed by atoms with Crippen molar-refractivity contribution in [2.24, 2.45) is 0 Å². The van der Waals surface area contributed by atoms with Crippen LogP contribution in [0.1, 0.15) is 38.3 Å². The van der Waals surface area contributed by atoms with Gasteiger partial charge in [0, 0.05) is 43.0 Å². The zero-order chi connectivity index (χ0) is 14.7. The molecule has 0 amide bonds. The molecule has 6 nitrogen and oxygen atoms in total. The number of hydrogen-bond acceptors (Lipinski definition) is 5. The van der Waals surface area contributed by atoms with Gasteiger partial charge >= 0.3 is 0 Å². The number of H-pyrrole nitrogens is 1. The number of aromatic amines is 1. The van der Waals surface area contributed by atoms with Crippen LogP contribution in [0.5, 0.6) is 0 Å². The molecular weight excluding hydrogens is 264 g/mol. The molecule has 0 aromatic carbocycles. The molecule has 1 fully saturated rings. The first-order chi connectivity index (χ1) is 10.2. The average Bonchev–Trinajstić information content (AvgIpc) is 3.01. The Balaban J connectivity index is 1.74. The highest BCUT2D eigenvalue weighted by Gasteiger charge is 2.23. The molecule has 21 heavy (non-hydrogen) atoms. The third-order valence-electron chi connectivity index (χ3n) is 3.80. The predicted molar refractivity (Wildman–Crippen MR) is 83.6 cm³/mol. The largest absolute Gasteiger partial charge is 0.368 e. The van der Waals surface area contributed by atoms with Gasteiger partial charge in [0.05, 0.1) is 0 Å². The van der Waals surface area contributed by atoms with E-state index in [1.807, 2.05) is 12.3 Å². The lowest BCUT2D eigenvalue weighted by molar-refractivity contribution is 0.498. The van der Waals surface area contributed by atoms with E-state index in [1.54, 1.807) is 6.33 Å². The van der Waals surface area contributed by atoms with E-state index in [2.05, 4.69) is 50.3 Å². The third kappa shape index (κ3) is 3.32. The Labute approximate surface area is 125 Å². The molecule has 2 N–H and O–H groups in total. The van der Waals surface area contributed by atoms with Gasteiger partial charge in [0.1, 0.15) is 18.0 Å². The van der Waals surface area contributed by atoms with Gasteiger partial charge in [-0.1, -0.05) is 0 Å². The van der Waals surface area contributed by atoms with E-state index in [1.165, 1.54) is 18.5 Å². The molecule has 3 heterocycles. The maximum absolute atomic E-state index is 4.44. The van der Waals surface area contributed by atoms with Crippen molar-refractivity contribution in [1.29, 1.82) is 0 Å². The molecule has 1 aliphatic heterocycles. The molecule has 0 aliphatic carbocycles. The van der Waals surface area contributed by atoms with Crippen LogP contribution < -0.4 is 10.2 Å². The van der Waals surface area contributed by atoms with Crippen LogP contribution in [0.2, 0.25) is 0 Å². The Hall–Kier alpha value is -2.11. The lowest BCUT2D eigenvalue weighted by Crippen LogP contribution is -2.35. The molecule has 112 valence electrons. The smallest absolute Gasteiger partial charge is 0.134 e. The van der Waals surface area contributed by atoms with Crippen molar-refractivity contribution in [2.45, 2.75) is 38.6 Å². The summed E-state index contributed by atoms with van der Waals surface area (Å²) >= 11 is 0. The summed E-state index contributed by atoms with van der Waals surface area (Å²) in [5, 5.41) is 10.5. The van der Waals surface area contributed by atoms with Gasteiger partial charge in [-0.05, 0) is 32.8 Å². The molecule has 3 rings (SSSR count). The maximum atomic E-state index is 4.44. The molecule has 0 radical (unpaired) electrons. The topological polar surface area (TPSA) is 69.7 Å². The number of piperidine rings is 1. The molecule has 1 aliphatic rings. The van der Waals surface area contributed by atoms with E-state index in [4.69, 9.17) is 0 Å². The van der Waals surface area contributed by atoms with Crippen molar-refractivity contribution in [2.75, 3.05) is 23.3 Å². The van der Waals surface area contributed by atoms with Gasteiger partial charge in [-0.15, -0.1) is 0 Å². The van der Waals surface area contributed by atoms with Crippen LogP contribution >= 0.6 is 0 Å². The van der Waals surface area contributed by atoms with Crippen LogP contribution in [-0.4, -0.2) is 39.3 Å². The molecule has 0 spiro atoms. The Morgan fingerprint density at radius 1 is 1.38 bits per heavy atom. The fourth-order valence-electron chi connectivity index (χ4n) is 2.83. The van der Waals surface area contributed by atoms with E-state index in [-0.39, 0.29) is 0 Å². The fraction of sp³-hybridized carbons (Fsp3) is 0.533. The fourth-order valence-corrected chi connectivity index (χ4v) is 2.83. The Kier molecular flexibility index (Phi) is 4.03. The maximum Gasteiger partial charge on any atom is 0.134 e. The van der Waals surface area contributed by atoms with Crippen molar-refractivity contribution in [3.8, 4) is 0 Å². The number of nitrogens with zero attached hydrogens (tertiary/aromatic N) is 4. The molecule has 2 aromatic heterocycles. The summed E-state index contributed by atoms with van der Waals surface area (Å²) in [5.74, 6) is 2.38. The minimum atomic E-state index is 0.367. The number of nitrogens with one attached hydrogen (secondary N) is 2. The summed E-state index contributed by atoms with van der Waals surface area (Å²) < 4.78 is 0. The lowest BCUT2D eigenvalue weighted by Gasteiger charge is -2.33. The Morgan fingerprint density at radius 3 is 3.05 bits per heavy atom. The van der Waals surface area contributed by atoms with Crippen molar-refractivity contribution < 1.29 is 0 Å². The Bertz CT molecular complexity index is 565. The van der Waals surface area contributed by atoms with Gasteiger partial charge in [-0.2, -0.15) is 5.10 Å². The average molecular weight is 286 g/mol. The van der Waals surface area contributed by atoms with Gasteiger partial charge in [0.2, 0.25) is 0 Å². The summed E-state index contributed by atoms with van der Waals surface area (Å²) in [6, 6.07) is 4.47. The van der Waals surface area contributed by atoms with E-state index >= 15 is 0 Å². The second-order valence-corrected chi connectivity index (χ2v) is 5.86. The number of aromatic nitrogens is 4. The molecular formula is C15H22N6. The molecule has 1 unspecified atom stereocenters. The quantitative estimate of drug-likeness (QED) is 0.903. The van der Waals surface area contributed by atoms with Crippen LogP contribution in [0.25, 0.3) is 0 Å². The van der Waals surface area contributed by atoms with Crippen molar-refractivity contribution in [3.05, 3.63) is 30.4 Å². The minimum Gasteiger partial charge on any atom is -0.368 e. The number of rotatable bonds is 4. The molecule has 0 bridgehead atoms. The monoisotopic (exact) mass is 286 g/mol. The second-order valence-electron chi connectivity index (χ2n) is 5.86. The van der Waals surface area contributed by atoms with Crippen molar-refractivity contribution >= 4 is 11.6 Å². The van der Waals surface area contributed by atoms with Gasteiger partial charge in [-0.3, -0.25) is 5.10 Å². The molecule has 2 aromatic rings. The summed E-state index contributed by atoms with van der Waals surface area (Å²) in [6.45, 7) is 6.23. The van der Waals surface area contributed by atoms with E-state index < -0.39 is 0 Å². The number of hydrogen-bond donors (Lipinski definition) is 2. The van der Waals surface area contributed by atoms with Crippen molar-refractivity contribution in [1.82, 2.24) is 20.2 Å². The standard InChI is InChI=1S/C15H22N6/c1-11(2)19-14-8-15(17-10-16-14)21-7-3-4-12(9-21)13-5-6-18-20-13/h5-6,8,10-12H,3-4,7,9H2,1-2H3,(H,18,20)(H,16,17,19). The lowest BCUT2D eigenvalue weighted by atomic mass is 9.95. The van der Waals surface area contributed by atoms with Gasteiger partial charge in [0.25, 0.3) is 0 Å². The van der Waals surface area contributed by atoms with Gasteiger partial charge in [0.15, 0.2) is 0 Å². The number of anilines is 2. The van der Waals surface area contributed by atoms with E-state index in [9.17, 15) is 0 Å². The zero-order valence-corrected chi connectivity index (χ0v) is 12.6. The van der Waals surface area contributed by atoms with Crippen LogP contribution in [0.3, 0.4) is 0 Å². The highest BCUT2D eigenvalue weighted by Crippen LogP contribution is 2.28. The first-order valence-corrected chi connectivity index (χ1v) is 7.55. The predicted octanol–water partition coefficient (Wildman–Crippen LogP) is 2.40. The SMILES string of the molecule is CC(C)Nc1cc(N2CCCC(c3ccn[nH]3)C2)ncn1. The first-order valence-electron chi connectivity index (χ1n) is 7.55. The molecule has 6 heteroatoms.